The molecule has 1 N–H and O–H groups in total. The molecule has 0 radical (unpaired) electrons. The van der Waals surface area contributed by atoms with E-state index >= 15 is 4.39 Å². The lowest BCUT2D eigenvalue weighted by atomic mass is 10.0. The van der Waals surface area contributed by atoms with Crippen molar-refractivity contribution in [3.05, 3.63) is 102 Å². The molecule has 240 valence electrons. The number of benzene rings is 3. The van der Waals surface area contributed by atoms with Crippen LogP contribution in [0.2, 0.25) is 0 Å². The first-order valence-corrected chi connectivity index (χ1v) is 15.4. The Morgan fingerprint density at radius 1 is 0.978 bits per heavy atom. The number of para-hydroxylation sites is 1. The third-order valence-electron chi connectivity index (χ3n) is 8.13. The Bertz CT molecular complexity index is 1670. The Morgan fingerprint density at radius 2 is 1.67 bits per heavy atom. The maximum atomic E-state index is 15.4. The molecule has 1 aromatic heterocycles. The summed E-state index contributed by atoms with van der Waals surface area (Å²) in [5, 5.41) is 3.03. The molecule has 10 heteroatoms. The van der Waals surface area contributed by atoms with E-state index in [0.29, 0.717) is 35.2 Å². The van der Waals surface area contributed by atoms with Crippen LogP contribution in [0.15, 0.2) is 79.1 Å². The second-order valence-electron chi connectivity index (χ2n) is 11.9. The van der Waals surface area contributed by atoms with Crippen LogP contribution in [0.25, 0.3) is 11.4 Å². The van der Waals surface area contributed by atoms with Gasteiger partial charge in [0.25, 0.3) is 0 Å². The van der Waals surface area contributed by atoms with Crippen molar-refractivity contribution in [1.82, 2.24) is 25.1 Å². The van der Waals surface area contributed by atoms with Gasteiger partial charge in [0.05, 0.1) is 7.11 Å². The van der Waals surface area contributed by atoms with Crippen molar-refractivity contribution in [2.24, 2.45) is 5.92 Å². The number of aryl methyl sites for hydroxylation is 1. The number of halogens is 1. The van der Waals surface area contributed by atoms with E-state index in [2.05, 4.69) is 15.3 Å². The van der Waals surface area contributed by atoms with Gasteiger partial charge in [0.2, 0.25) is 11.8 Å². The topological polar surface area (TPSA) is 96.9 Å². The molecule has 1 saturated heterocycles. The number of nitrogens with one attached hydrogen (secondary N) is 1. The van der Waals surface area contributed by atoms with E-state index in [0.717, 1.165) is 16.7 Å². The molecule has 1 fully saturated rings. The zero-order valence-electron chi connectivity index (χ0n) is 26.9. The van der Waals surface area contributed by atoms with Gasteiger partial charge in [-0.25, -0.2) is 14.4 Å². The van der Waals surface area contributed by atoms with E-state index in [9.17, 15) is 9.59 Å². The fraction of sp³-hybridized carbons (Fsp3) is 0.333. The number of hydrogen-bond acceptors (Lipinski definition) is 7. The molecule has 46 heavy (non-hydrogen) atoms. The summed E-state index contributed by atoms with van der Waals surface area (Å²) in [6.07, 6.45) is 3.38. The maximum Gasteiger partial charge on any atom is 0.244 e. The summed E-state index contributed by atoms with van der Waals surface area (Å²) in [5.41, 5.74) is 2.99. The van der Waals surface area contributed by atoms with Crippen LogP contribution in [0.1, 0.15) is 37.5 Å². The number of methoxy groups -OCH3 is 1. The van der Waals surface area contributed by atoms with Crippen molar-refractivity contribution < 1.29 is 23.5 Å². The largest absolute Gasteiger partial charge is 0.493 e. The van der Waals surface area contributed by atoms with Gasteiger partial charge in [-0.05, 0) is 49.2 Å². The standard InChI is InChI=1S/C36H40FN5O4/c1-23(2)36(44)42-25(4)20-41(21-28-29(37)10-7-11-31(28)46-33-24(3)9-6-12-32(33)45-5)22-30(42)35(43)40-19-26-13-15-27(16-14-26)34-38-17-8-18-39-34/h6-18,23,25,30H,19-22H2,1-5H3,(H,40,43)/t25-,30-/m1/s1. The molecule has 0 unspecified atom stereocenters. The van der Waals surface area contributed by atoms with Crippen LogP contribution in [0, 0.1) is 18.7 Å². The van der Waals surface area contributed by atoms with Gasteiger partial charge in [0, 0.05) is 61.7 Å². The number of nitrogens with zero attached hydrogens (tertiary/aromatic N) is 4. The second-order valence-corrected chi connectivity index (χ2v) is 11.9. The summed E-state index contributed by atoms with van der Waals surface area (Å²) in [6.45, 7) is 8.66. The summed E-state index contributed by atoms with van der Waals surface area (Å²) in [7, 11) is 1.56. The van der Waals surface area contributed by atoms with Gasteiger partial charge in [-0.2, -0.15) is 0 Å². The Hall–Kier alpha value is -4.83. The van der Waals surface area contributed by atoms with Crippen LogP contribution in [-0.4, -0.2) is 63.9 Å². The molecule has 2 amide bonds. The van der Waals surface area contributed by atoms with Crippen molar-refractivity contribution in [2.75, 3.05) is 20.2 Å². The molecule has 9 nitrogen and oxygen atoms in total. The first-order valence-electron chi connectivity index (χ1n) is 15.4. The zero-order chi connectivity index (χ0) is 32.8. The molecule has 2 atom stereocenters. The third kappa shape index (κ3) is 7.34. The van der Waals surface area contributed by atoms with Crippen LogP contribution >= 0.6 is 0 Å². The summed E-state index contributed by atoms with van der Waals surface area (Å²) >= 11 is 0. The van der Waals surface area contributed by atoms with Gasteiger partial charge < -0.3 is 19.7 Å². The fourth-order valence-corrected chi connectivity index (χ4v) is 5.75. The zero-order valence-corrected chi connectivity index (χ0v) is 26.9. The monoisotopic (exact) mass is 625 g/mol. The third-order valence-corrected chi connectivity index (χ3v) is 8.13. The van der Waals surface area contributed by atoms with E-state index in [1.165, 1.54) is 6.07 Å². The van der Waals surface area contributed by atoms with Crippen LogP contribution in [0.3, 0.4) is 0 Å². The first-order chi connectivity index (χ1) is 22.2. The van der Waals surface area contributed by atoms with Crippen molar-refractivity contribution in [3.63, 3.8) is 0 Å². The molecule has 3 aromatic carbocycles. The van der Waals surface area contributed by atoms with E-state index in [1.54, 1.807) is 48.7 Å². The highest BCUT2D eigenvalue weighted by Crippen LogP contribution is 2.37. The Labute approximate surface area is 269 Å². The van der Waals surface area contributed by atoms with Crippen LogP contribution < -0.4 is 14.8 Å². The smallest absolute Gasteiger partial charge is 0.244 e. The number of carbonyl (C=O) groups is 2. The number of hydrogen-bond donors (Lipinski definition) is 1. The molecule has 0 spiro atoms. The number of aromatic nitrogens is 2. The van der Waals surface area contributed by atoms with Crippen molar-refractivity contribution in [3.8, 4) is 28.6 Å². The predicted molar refractivity (Wildman–Crippen MR) is 174 cm³/mol. The minimum absolute atomic E-state index is 0.0962. The molecule has 0 saturated carbocycles. The Morgan fingerprint density at radius 3 is 2.37 bits per heavy atom. The van der Waals surface area contributed by atoms with Crippen LogP contribution in [0.5, 0.6) is 17.2 Å². The normalized spacial score (nSPS) is 16.7. The number of ether oxygens (including phenoxy) is 2. The van der Waals surface area contributed by atoms with Gasteiger partial charge in [0.15, 0.2) is 17.3 Å². The average Bonchev–Trinajstić information content (AvgIpc) is 3.06. The molecule has 5 rings (SSSR count). The first kappa shape index (κ1) is 32.6. The van der Waals surface area contributed by atoms with Crippen LogP contribution in [-0.2, 0) is 22.7 Å². The maximum absolute atomic E-state index is 15.4. The molecule has 2 heterocycles. The quantitative estimate of drug-likeness (QED) is 0.239. The number of rotatable bonds is 10. The SMILES string of the molecule is COc1cccc(C)c1Oc1cccc(F)c1CN1C[C@@H](C)N(C(=O)C(C)C)[C@@H](C(=O)NCc2ccc(-c3ncccn3)cc2)C1. The van der Waals surface area contributed by atoms with Crippen molar-refractivity contribution >= 4 is 11.8 Å². The molecule has 1 aliphatic heterocycles. The molecule has 0 bridgehead atoms. The van der Waals surface area contributed by atoms with Gasteiger partial charge in [-0.1, -0.05) is 56.3 Å². The average molecular weight is 626 g/mol. The predicted octanol–water partition coefficient (Wildman–Crippen LogP) is 5.77. The van der Waals surface area contributed by atoms with Crippen molar-refractivity contribution in [2.45, 2.75) is 52.9 Å². The molecular weight excluding hydrogens is 585 g/mol. The second kappa shape index (κ2) is 14.5. The lowest BCUT2D eigenvalue weighted by Gasteiger charge is -2.45. The van der Waals surface area contributed by atoms with Gasteiger partial charge in [-0.15, -0.1) is 0 Å². The molecule has 4 aromatic rings. The lowest BCUT2D eigenvalue weighted by Crippen LogP contribution is -2.64. The molecule has 0 aliphatic carbocycles. The van der Waals surface area contributed by atoms with Gasteiger partial charge in [0.1, 0.15) is 17.6 Å². The summed E-state index contributed by atoms with van der Waals surface area (Å²) < 4.78 is 27.2. The van der Waals surface area contributed by atoms with E-state index in [4.69, 9.17) is 9.47 Å². The van der Waals surface area contributed by atoms with E-state index < -0.39 is 11.9 Å². The highest BCUT2D eigenvalue weighted by molar-refractivity contribution is 5.89. The van der Waals surface area contributed by atoms with Crippen molar-refractivity contribution in [1.29, 1.82) is 0 Å². The summed E-state index contributed by atoms with van der Waals surface area (Å²) in [5.74, 6) is 0.988. The number of amides is 2. The highest BCUT2D eigenvalue weighted by Gasteiger charge is 2.40. The number of carbonyl (C=O) groups excluding carboxylic acids is 2. The molecular formula is C36H40FN5O4. The van der Waals surface area contributed by atoms with Gasteiger partial charge in [-0.3, -0.25) is 14.5 Å². The lowest BCUT2D eigenvalue weighted by molar-refractivity contribution is -0.150. The van der Waals surface area contributed by atoms with E-state index in [-0.39, 0.29) is 43.4 Å². The van der Waals surface area contributed by atoms with Gasteiger partial charge >= 0.3 is 0 Å². The fourth-order valence-electron chi connectivity index (χ4n) is 5.75. The highest BCUT2D eigenvalue weighted by atomic mass is 19.1. The number of piperazine rings is 1. The Balaban J connectivity index is 1.34. The minimum atomic E-state index is -0.761. The Kier molecular flexibility index (Phi) is 10.3. The minimum Gasteiger partial charge on any atom is -0.493 e. The summed E-state index contributed by atoms with van der Waals surface area (Å²) in [6, 6.07) is 18.7. The molecule has 1 aliphatic rings. The summed E-state index contributed by atoms with van der Waals surface area (Å²) in [4.78, 5) is 39.4. The van der Waals surface area contributed by atoms with E-state index in [1.807, 2.05) is 69.0 Å². The van der Waals surface area contributed by atoms with Crippen LogP contribution in [0.4, 0.5) is 4.39 Å².